The van der Waals surface area contributed by atoms with E-state index in [1.807, 2.05) is 0 Å². The van der Waals surface area contributed by atoms with Gasteiger partial charge in [0.2, 0.25) is 0 Å². The summed E-state index contributed by atoms with van der Waals surface area (Å²) in [4.78, 5) is 0. The molecular weight excluding hydrogens is 192 g/mol. The van der Waals surface area contributed by atoms with Gasteiger partial charge in [-0.3, -0.25) is 0 Å². The van der Waals surface area contributed by atoms with Crippen LogP contribution in [0.3, 0.4) is 0 Å². The average molecular weight is 216 g/mol. The smallest absolute Gasteiger partial charge is 0.166 e. The van der Waals surface area contributed by atoms with E-state index in [9.17, 15) is 0 Å². The summed E-state index contributed by atoms with van der Waals surface area (Å²) < 4.78 is 0. The van der Waals surface area contributed by atoms with E-state index >= 15 is 0 Å². The summed E-state index contributed by atoms with van der Waals surface area (Å²) in [5.41, 5.74) is 0. The molecule has 0 aromatic rings. The maximum Gasteiger partial charge on any atom is 0.166 e. The Labute approximate surface area is 93.8 Å². The Bertz CT molecular complexity index is 137. The van der Waals surface area contributed by atoms with E-state index in [2.05, 4.69) is 24.5 Å². The van der Waals surface area contributed by atoms with Crippen LogP contribution in [0.25, 0.3) is 0 Å². The van der Waals surface area contributed by atoms with Gasteiger partial charge >= 0.3 is 0 Å². The summed E-state index contributed by atoms with van der Waals surface area (Å²) in [5.74, 6) is 0. The lowest BCUT2D eigenvalue weighted by atomic mass is 10.1. The summed E-state index contributed by atoms with van der Waals surface area (Å²) in [6, 6.07) is 0. The molecule has 0 aromatic carbocycles. The Hall–Kier alpha value is -0.310. The highest BCUT2D eigenvalue weighted by Crippen LogP contribution is 2.03. The minimum absolute atomic E-state index is 0.793. The van der Waals surface area contributed by atoms with Gasteiger partial charge in [-0.2, -0.15) is 0 Å². The first-order valence-corrected chi connectivity index (χ1v) is 6.23. The van der Waals surface area contributed by atoms with Crippen LogP contribution in [0, 0.1) is 0 Å². The van der Waals surface area contributed by atoms with Crippen molar-refractivity contribution >= 4 is 17.3 Å². The van der Waals surface area contributed by atoms with Crippen molar-refractivity contribution in [1.29, 1.82) is 0 Å². The highest BCUT2D eigenvalue weighted by molar-refractivity contribution is 7.80. The van der Waals surface area contributed by atoms with E-state index in [1.165, 1.54) is 38.5 Å². The molecule has 14 heavy (non-hydrogen) atoms. The molecule has 0 aliphatic rings. The predicted octanol–water partition coefficient (Wildman–Crippen LogP) is 2.83. The first-order valence-electron chi connectivity index (χ1n) is 5.83. The Kier molecular flexibility index (Phi) is 10.5. The standard InChI is InChI=1S/C11H24N2S/c1-3-5-6-7-8-9-10-13-11(14)12-4-2/h3-10H2,1-2H3,(H2,12,13,14). The van der Waals surface area contributed by atoms with E-state index in [1.54, 1.807) is 0 Å². The second-order valence-electron chi connectivity index (χ2n) is 3.55. The van der Waals surface area contributed by atoms with Gasteiger partial charge in [0.05, 0.1) is 0 Å². The topological polar surface area (TPSA) is 24.1 Å². The largest absolute Gasteiger partial charge is 0.363 e. The van der Waals surface area contributed by atoms with Gasteiger partial charge in [0, 0.05) is 13.1 Å². The maximum atomic E-state index is 5.05. The zero-order valence-corrected chi connectivity index (χ0v) is 10.4. The molecular formula is C11H24N2S. The molecule has 2 nitrogen and oxygen atoms in total. The monoisotopic (exact) mass is 216 g/mol. The van der Waals surface area contributed by atoms with Crippen molar-refractivity contribution in [2.24, 2.45) is 0 Å². The highest BCUT2D eigenvalue weighted by atomic mass is 32.1. The SMILES string of the molecule is CCCCCCCCNC(=S)NCC. The number of nitrogens with one attached hydrogen (secondary N) is 2. The fraction of sp³-hybridized carbons (Fsp3) is 0.909. The van der Waals surface area contributed by atoms with Crippen LogP contribution in [0.4, 0.5) is 0 Å². The molecule has 0 aromatic heterocycles. The first kappa shape index (κ1) is 13.7. The molecule has 0 saturated carbocycles. The highest BCUT2D eigenvalue weighted by Gasteiger charge is 1.92. The zero-order valence-electron chi connectivity index (χ0n) is 9.57. The summed E-state index contributed by atoms with van der Waals surface area (Å²) in [6.07, 6.45) is 8.00. The minimum atomic E-state index is 0.793. The number of hydrogen-bond donors (Lipinski definition) is 2. The molecule has 3 heteroatoms. The van der Waals surface area contributed by atoms with Crippen LogP contribution in [0.15, 0.2) is 0 Å². The van der Waals surface area contributed by atoms with Crippen molar-refractivity contribution in [2.45, 2.75) is 52.4 Å². The minimum Gasteiger partial charge on any atom is -0.363 e. The summed E-state index contributed by atoms with van der Waals surface area (Å²) in [7, 11) is 0. The van der Waals surface area contributed by atoms with E-state index in [0.717, 1.165) is 18.2 Å². The second kappa shape index (κ2) is 10.8. The number of rotatable bonds is 8. The molecule has 0 saturated heterocycles. The van der Waals surface area contributed by atoms with Gasteiger partial charge in [-0.05, 0) is 25.6 Å². The lowest BCUT2D eigenvalue weighted by Crippen LogP contribution is -2.35. The first-order chi connectivity index (χ1) is 6.81. The van der Waals surface area contributed by atoms with Gasteiger partial charge in [-0.1, -0.05) is 39.0 Å². The van der Waals surface area contributed by atoms with E-state index in [0.29, 0.717) is 0 Å². The molecule has 0 fully saturated rings. The number of thiocarbonyl (C=S) groups is 1. The Morgan fingerprint density at radius 2 is 1.57 bits per heavy atom. The van der Waals surface area contributed by atoms with E-state index in [-0.39, 0.29) is 0 Å². The molecule has 0 aliphatic heterocycles. The van der Waals surface area contributed by atoms with Gasteiger partial charge < -0.3 is 10.6 Å². The Balaban J connectivity index is 3.01. The van der Waals surface area contributed by atoms with Crippen LogP contribution in [0.5, 0.6) is 0 Å². The number of unbranched alkanes of at least 4 members (excludes halogenated alkanes) is 5. The zero-order chi connectivity index (χ0) is 10.6. The van der Waals surface area contributed by atoms with E-state index < -0.39 is 0 Å². The molecule has 84 valence electrons. The molecule has 0 rings (SSSR count). The molecule has 0 heterocycles. The van der Waals surface area contributed by atoms with Crippen molar-refractivity contribution in [3.05, 3.63) is 0 Å². The number of hydrogen-bond acceptors (Lipinski definition) is 1. The molecule has 2 N–H and O–H groups in total. The summed E-state index contributed by atoms with van der Waals surface area (Å²) in [6.45, 7) is 6.22. The van der Waals surface area contributed by atoms with Crippen LogP contribution >= 0.6 is 12.2 Å². The van der Waals surface area contributed by atoms with Crippen molar-refractivity contribution in [3.8, 4) is 0 Å². The van der Waals surface area contributed by atoms with Gasteiger partial charge in [-0.25, -0.2) is 0 Å². The van der Waals surface area contributed by atoms with Crippen molar-refractivity contribution in [2.75, 3.05) is 13.1 Å². The molecule has 0 unspecified atom stereocenters. The van der Waals surface area contributed by atoms with Crippen LogP contribution in [0.2, 0.25) is 0 Å². The molecule has 0 amide bonds. The quantitative estimate of drug-likeness (QED) is 0.482. The van der Waals surface area contributed by atoms with Gasteiger partial charge in [-0.15, -0.1) is 0 Å². The molecule has 0 bridgehead atoms. The third-order valence-corrected chi connectivity index (χ3v) is 2.44. The summed E-state index contributed by atoms with van der Waals surface area (Å²) >= 11 is 5.05. The maximum absolute atomic E-state index is 5.05. The van der Waals surface area contributed by atoms with Crippen LogP contribution in [-0.4, -0.2) is 18.2 Å². The van der Waals surface area contributed by atoms with Gasteiger partial charge in [0.1, 0.15) is 0 Å². The molecule has 0 spiro atoms. The van der Waals surface area contributed by atoms with Crippen LogP contribution in [-0.2, 0) is 0 Å². The van der Waals surface area contributed by atoms with Crippen molar-refractivity contribution in [1.82, 2.24) is 10.6 Å². The average Bonchev–Trinajstić information content (AvgIpc) is 2.17. The van der Waals surface area contributed by atoms with E-state index in [4.69, 9.17) is 12.2 Å². The fourth-order valence-electron chi connectivity index (χ4n) is 1.33. The van der Waals surface area contributed by atoms with Gasteiger partial charge in [0.15, 0.2) is 5.11 Å². The van der Waals surface area contributed by atoms with Crippen LogP contribution in [0.1, 0.15) is 52.4 Å². The van der Waals surface area contributed by atoms with Crippen molar-refractivity contribution in [3.63, 3.8) is 0 Å². The normalized spacial score (nSPS) is 9.86. The lowest BCUT2D eigenvalue weighted by Gasteiger charge is -2.08. The Morgan fingerprint density at radius 1 is 0.929 bits per heavy atom. The van der Waals surface area contributed by atoms with Crippen LogP contribution < -0.4 is 10.6 Å². The Morgan fingerprint density at radius 3 is 2.21 bits per heavy atom. The third kappa shape index (κ3) is 9.78. The molecule has 0 aliphatic carbocycles. The molecule has 0 atom stereocenters. The second-order valence-corrected chi connectivity index (χ2v) is 3.96. The predicted molar refractivity (Wildman–Crippen MR) is 67.7 cm³/mol. The summed E-state index contributed by atoms with van der Waals surface area (Å²) in [5, 5.41) is 7.06. The molecule has 0 radical (unpaired) electrons. The lowest BCUT2D eigenvalue weighted by molar-refractivity contribution is 0.601. The third-order valence-electron chi connectivity index (χ3n) is 2.15. The fourth-order valence-corrected chi connectivity index (χ4v) is 1.58. The van der Waals surface area contributed by atoms with Crippen molar-refractivity contribution < 1.29 is 0 Å². The van der Waals surface area contributed by atoms with Gasteiger partial charge in [0.25, 0.3) is 0 Å².